The second-order valence-electron chi connectivity index (χ2n) is 15.6. The minimum absolute atomic E-state index is 0.490. The topological polar surface area (TPSA) is 18.5 Å². The van der Waals surface area contributed by atoms with Gasteiger partial charge in [-0.2, -0.15) is 0 Å². The van der Waals surface area contributed by atoms with Crippen molar-refractivity contribution in [3.8, 4) is 0 Å². The minimum atomic E-state index is -1.46. The fourth-order valence-electron chi connectivity index (χ4n) is 8.11. The molecule has 4 aliphatic rings. The molecule has 0 spiro atoms. The molecule has 4 atom stereocenters. The Bertz CT molecular complexity index is 683. The molecule has 0 amide bonds. The quantitative estimate of drug-likeness (QED) is 0.207. The van der Waals surface area contributed by atoms with Crippen LogP contribution >= 0.6 is 0 Å². The van der Waals surface area contributed by atoms with Crippen LogP contribution in [0.3, 0.4) is 0 Å². The van der Waals surface area contributed by atoms with Crippen molar-refractivity contribution in [1.29, 1.82) is 0 Å². The lowest BCUT2D eigenvalue weighted by Gasteiger charge is -2.38. The van der Waals surface area contributed by atoms with Crippen LogP contribution in [0.4, 0.5) is 0 Å². The van der Waals surface area contributed by atoms with Crippen molar-refractivity contribution in [3.05, 3.63) is 24.3 Å². The molecule has 2 nitrogen and oxygen atoms in total. The van der Waals surface area contributed by atoms with Gasteiger partial charge in [-0.05, 0) is 140 Å². The summed E-state index contributed by atoms with van der Waals surface area (Å²) in [6, 6.07) is 0. The molecule has 4 aliphatic carbocycles. The van der Waals surface area contributed by atoms with Gasteiger partial charge in [-0.1, -0.05) is 50.0 Å². The normalized spacial score (nSPS) is 38.2. The van der Waals surface area contributed by atoms with Gasteiger partial charge in [0.1, 0.15) is 0 Å². The molecule has 0 saturated heterocycles. The maximum Gasteiger partial charge on any atom is 0.184 e. The van der Waals surface area contributed by atoms with Gasteiger partial charge in [0.05, 0.1) is 12.2 Å². The molecule has 218 valence electrons. The second kappa shape index (κ2) is 14.1. The van der Waals surface area contributed by atoms with Gasteiger partial charge in [0.15, 0.2) is 16.6 Å². The molecular formula is C34H62O2Si2. The van der Waals surface area contributed by atoms with Crippen LogP contribution < -0.4 is 0 Å². The Morgan fingerprint density at radius 3 is 1.11 bits per heavy atom. The van der Waals surface area contributed by atoms with Crippen LogP contribution in [0.5, 0.6) is 0 Å². The molecule has 0 radical (unpaired) electrons. The van der Waals surface area contributed by atoms with E-state index in [1.54, 1.807) is 0 Å². The molecule has 4 heteroatoms. The molecule has 0 bridgehead atoms. The lowest BCUT2D eigenvalue weighted by atomic mass is 9.69. The van der Waals surface area contributed by atoms with E-state index in [0.717, 1.165) is 23.7 Å². The lowest BCUT2D eigenvalue weighted by Crippen LogP contribution is -2.37. The number of hydrogen-bond donors (Lipinski definition) is 0. The van der Waals surface area contributed by atoms with Gasteiger partial charge in [0.2, 0.25) is 0 Å². The average Bonchev–Trinajstić information content (AvgIpc) is 2.87. The third-order valence-electron chi connectivity index (χ3n) is 10.1. The van der Waals surface area contributed by atoms with Gasteiger partial charge < -0.3 is 8.85 Å². The highest BCUT2D eigenvalue weighted by Crippen LogP contribution is 2.42. The molecule has 0 aliphatic heterocycles. The van der Waals surface area contributed by atoms with Crippen LogP contribution in [0.1, 0.15) is 103 Å². The predicted octanol–water partition coefficient (Wildman–Crippen LogP) is 10.5. The molecule has 4 saturated carbocycles. The summed E-state index contributed by atoms with van der Waals surface area (Å²) in [6.07, 6.45) is 33.7. The van der Waals surface area contributed by atoms with Gasteiger partial charge in [-0.15, -0.1) is 0 Å². The zero-order valence-corrected chi connectivity index (χ0v) is 28.1. The van der Waals surface area contributed by atoms with Crippen molar-refractivity contribution in [3.63, 3.8) is 0 Å². The van der Waals surface area contributed by atoms with Gasteiger partial charge in [-0.25, -0.2) is 0 Å². The van der Waals surface area contributed by atoms with Crippen molar-refractivity contribution in [2.75, 3.05) is 0 Å². The van der Waals surface area contributed by atoms with E-state index in [0.29, 0.717) is 24.0 Å². The predicted molar refractivity (Wildman–Crippen MR) is 170 cm³/mol. The van der Waals surface area contributed by atoms with Crippen molar-refractivity contribution in [1.82, 2.24) is 0 Å². The molecule has 0 aromatic carbocycles. The Kier molecular flexibility index (Phi) is 11.5. The summed E-state index contributed by atoms with van der Waals surface area (Å²) in [4.78, 5) is 0. The van der Waals surface area contributed by atoms with E-state index in [2.05, 4.69) is 63.6 Å². The van der Waals surface area contributed by atoms with E-state index >= 15 is 0 Å². The first-order chi connectivity index (χ1) is 18.1. The third kappa shape index (κ3) is 10.0. The van der Waals surface area contributed by atoms with E-state index in [9.17, 15) is 0 Å². The molecule has 0 N–H and O–H groups in total. The second-order valence-corrected chi connectivity index (χ2v) is 24.5. The van der Waals surface area contributed by atoms with Gasteiger partial charge in [-0.3, -0.25) is 0 Å². The highest BCUT2D eigenvalue weighted by atomic mass is 28.4. The SMILES string of the molecule is C[Si](C)(C)OC1CCCCC1C=CC1CCC(C2CCC(C=CC3CCCCC3O[Si](C)(C)C)CC2)CC1. The largest absolute Gasteiger partial charge is 0.414 e. The first-order valence-corrected chi connectivity index (χ1v) is 23.6. The maximum absolute atomic E-state index is 6.59. The monoisotopic (exact) mass is 558 g/mol. The van der Waals surface area contributed by atoms with E-state index in [1.807, 2.05) is 0 Å². The molecule has 38 heavy (non-hydrogen) atoms. The lowest BCUT2D eigenvalue weighted by molar-refractivity contribution is 0.109. The van der Waals surface area contributed by atoms with Crippen LogP contribution in [0.25, 0.3) is 0 Å². The number of allylic oxidation sites excluding steroid dienone is 2. The Labute approximate surface area is 239 Å². The van der Waals surface area contributed by atoms with Crippen LogP contribution in [0, 0.1) is 35.5 Å². The van der Waals surface area contributed by atoms with Crippen LogP contribution in [0.15, 0.2) is 24.3 Å². The van der Waals surface area contributed by atoms with E-state index in [4.69, 9.17) is 8.85 Å². The summed E-state index contributed by atoms with van der Waals surface area (Å²) in [5.74, 6) is 4.97. The summed E-state index contributed by atoms with van der Waals surface area (Å²) in [5.41, 5.74) is 0. The zero-order valence-electron chi connectivity index (χ0n) is 26.1. The van der Waals surface area contributed by atoms with Gasteiger partial charge >= 0.3 is 0 Å². The maximum atomic E-state index is 6.59. The smallest absolute Gasteiger partial charge is 0.184 e. The molecule has 0 aromatic heterocycles. The first-order valence-electron chi connectivity index (χ1n) is 16.8. The summed E-state index contributed by atoms with van der Waals surface area (Å²) in [7, 11) is -2.91. The highest BCUT2D eigenvalue weighted by molar-refractivity contribution is 6.70. The fraction of sp³-hybridized carbons (Fsp3) is 0.882. The summed E-state index contributed by atoms with van der Waals surface area (Å²) < 4.78 is 13.2. The number of hydrogen-bond acceptors (Lipinski definition) is 2. The number of rotatable bonds is 9. The fourth-order valence-corrected chi connectivity index (χ4v) is 10.5. The Hall–Kier alpha value is -0.166. The Balaban J connectivity index is 1.18. The van der Waals surface area contributed by atoms with Crippen molar-refractivity contribution in [2.45, 2.75) is 154 Å². The van der Waals surface area contributed by atoms with Gasteiger partial charge in [0.25, 0.3) is 0 Å². The third-order valence-corrected chi connectivity index (χ3v) is 12.1. The standard InChI is InChI=1S/C34H62O2Si2/c1-37(2,3)35-33-13-9-7-11-31(33)25-19-27-15-21-29(22-16-27)30-23-17-28(18-24-30)20-26-32-12-8-10-14-34(32)36-38(4,5)6/h19-20,25-34H,7-18,21-24H2,1-6H3. The van der Waals surface area contributed by atoms with Crippen molar-refractivity contribution < 1.29 is 8.85 Å². The van der Waals surface area contributed by atoms with Crippen molar-refractivity contribution >= 4 is 16.6 Å². The molecule has 0 aromatic rings. The Morgan fingerprint density at radius 1 is 0.421 bits per heavy atom. The summed E-state index contributed by atoms with van der Waals surface area (Å²) in [6.45, 7) is 14.1. The van der Waals surface area contributed by atoms with Crippen LogP contribution in [-0.2, 0) is 8.85 Å². The van der Waals surface area contributed by atoms with E-state index < -0.39 is 16.6 Å². The Morgan fingerprint density at radius 2 is 0.763 bits per heavy atom. The van der Waals surface area contributed by atoms with Crippen LogP contribution in [-0.4, -0.2) is 28.8 Å². The molecular weight excluding hydrogens is 497 g/mol. The molecule has 4 unspecified atom stereocenters. The van der Waals surface area contributed by atoms with Gasteiger partial charge in [0, 0.05) is 11.8 Å². The highest BCUT2D eigenvalue weighted by Gasteiger charge is 2.32. The minimum Gasteiger partial charge on any atom is -0.414 e. The average molecular weight is 559 g/mol. The van der Waals surface area contributed by atoms with Crippen LogP contribution in [0.2, 0.25) is 39.3 Å². The molecule has 4 fully saturated rings. The molecule has 4 rings (SSSR count). The van der Waals surface area contributed by atoms with Crippen molar-refractivity contribution in [2.24, 2.45) is 35.5 Å². The summed E-state index contributed by atoms with van der Waals surface area (Å²) in [5, 5.41) is 0. The van der Waals surface area contributed by atoms with E-state index in [-0.39, 0.29) is 0 Å². The summed E-state index contributed by atoms with van der Waals surface area (Å²) >= 11 is 0. The first kappa shape index (κ1) is 30.8. The zero-order chi connectivity index (χ0) is 27.2. The van der Waals surface area contributed by atoms with E-state index in [1.165, 1.54) is 103 Å². The molecule has 0 heterocycles.